The normalized spacial score (nSPS) is 15.2. The van der Waals surface area contributed by atoms with Crippen molar-refractivity contribution < 1.29 is 9.59 Å². The Morgan fingerprint density at radius 2 is 1.22 bits per heavy atom. The quantitative estimate of drug-likeness (QED) is 0.290. The minimum atomic E-state index is -0.0494. The predicted molar refractivity (Wildman–Crippen MR) is 145 cm³/mol. The Bertz CT molecular complexity index is 1250. The lowest BCUT2D eigenvalue weighted by atomic mass is 10.1. The molecule has 1 fully saturated rings. The van der Waals surface area contributed by atoms with E-state index in [0.29, 0.717) is 31.0 Å². The number of benzene rings is 4. The second-order valence-corrected chi connectivity index (χ2v) is 9.99. The van der Waals surface area contributed by atoms with Crippen LogP contribution in [0.3, 0.4) is 0 Å². The van der Waals surface area contributed by atoms with Crippen molar-refractivity contribution in [1.82, 2.24) is 9.80 Å². The van der Waals surface area contributed by atoms with Gasteiger partial charge < -0.3 is 9.80 Å². The standard InChI is InChI=1S/C31H28N2O2S/c34-29-23-36-31(33(29)22-26-14-8-3-9-15-26)28-18-16-27(17-19-28)30(35)32(20-24-10-4-1-5-11-24)21-25-12-6-2-7-13-25/h1-19,31H,20-23H2/t31-/m0/s1. The highest BCUT2D eigenvalue weighted by Gasteiger charge is 2.32. The molecule has 0 spiro atoms. The van der Waals surface area contributed by atoms with Crippen LogP contribution in [0.15, 0.2) is 115 Å². The van der Waals surface area contributed by atoms with Crippen LogP contribution in [0, 0.1) is 0 Å². The molecule has 0 radical (unpaired) electrons. The van der Waals surface area contributed by atoms with Gasteiger partial charge in [-0.2, -0.15) is 0 Å². The highest BCUT2D eigenvalue weighted by Crippen LogP contribution is 2.39. The second-order valence-electron chi connectivity index (χ2n) is 8.93. The Morgan fingerprint density at radius 3 is 1.75 bits per heavy atom. The monoisotopic (exact) mass is 492 g/mol. The van der Waals surface area contributed by atoms with Crippen molar-refractivity contribution in [2.75, 3.05) is 5.75 Å². The van der Waals surface area contributed by atoms with Crippen LogP contribution in [0.1, 0.15) is 38.0 Å². The van der Waals surface area contributed by atoms with Crippen LogP contribution in [0.2, 0.25) is 0 Å². The SMILES string of the molecule is O=C(c1ccc([C@@H]2SCC(=O)N2Cc2ccccc2)cc1)N(Cc1ccccc1)Cc1ccccc1. The zero-order chi connectivity index (χ0) is 24.7. The molecule has 4 nitrogen and oxygen atoms in total. The van der Waals surface area contributed by atoms with E-state index in [9.17, 15) is 9.59 Å². The number of hydrogen-bond donors (Lipinski definition) is 0. The van der Waals surface area contributed by atoms with Gasteiger partial charge in [-0.05, 0) is 34.4 Å². The Balaban J connectivity index is 1.34. The summed E-state index contributed by atoms with van der Waals surface area (Å²) in [5.41, 5.74) is 4.99. The molecule has 1 atom stereocenters. The van der Waals surface area contributed by atoms with Gasteiger partial charge in [0.1, 0.15) is 5.37 Å². The van der Waals surface area contributed by atoms with E-state index < -0.39 is 0 Å². The third-order valence-corrected chi connectivity index (χ3v) is 7.58. The molecule has 180 valence electrons. The van der Waals surface area contributed by atoms with Crippen molar-refractivity contribution in [1.29, 1.82) is 0 Å². The Labute approximate surface area is 216 Å². The van der Waals surface area contributed by atoms with Gasteiger partial charge >= 0.3 is 0 Å². The van der Waals surface area contributed by atoms with Crippen molar-refractivity contribution in [2.24, 2.45) is 0 Å². The van der Waals surface area contributed by atoms with Gasteiger partial charge in [-0.25, -0.2) is 0 Å². The number of carbonyl (C=O) groups is 2. The number of carbonyl (C=O) groups excluding carboxylic acids is 2. The zero-order valence-corrected chi connectivity index (χ0v) is 20.8. The summed E-state index contributed by atoms with van der Waals surface area (Å²) in [6, 6.07) is 38.0. The average molecular weight is 493 g/mol. The Hall–Kier alpha value is -3.83. The van der Waals surface area contributed by atoms with Gasteiger partial charge in [0, 0.05) is 25.2 Å². The third-order valence-electron chi connectivity index (χ3n) is 6.33. The summed E-state index contributed by atoms with van der Waals surface area (Å²) in [4.78, 5) is 30.0. The molecule has 4 aromatic rings. The molecule has 2 amide bonds. The fourth-order valence-corrected chi connectivity index (χ4v) is 5.65. The number of rotatable bonds is 8. The highest BCUT2D eigenvalue weighted by atomic mass is 32.2. The minimum absolute atomic E-state index is 0.00875. The van der Waals surface area contributed by atoms with Gasteiger partial charge in [-0.15, -0.1) is 11.8 Å². The van der Waals surface area contributed by atoms with Gasteiger partial charge in [0.2, 0.25) is 5.91 Å². The molecule has 5 heteroatoms. The fraction of sp³-hybridized carbons (Fsp3) is 0.161. The van der Waals surface area contributed by atoms with E-state index in [-0.39, 0.29) is 17.2 Å². The molecule has 1 aliphatic rings. The predicted octanol–water partition coefficient (Wildman–Crippen LogP) is 6.30. The second kappa shape index (κ2) is 11.3. The van der Waals surface area contributed by atoms with Crippen molar-refractivity contribution in [3.8, 4) is 0 Å². The Morgan fingerprint density at radius 1 is 0.722 bits per heavy atom. The van der Waals surface area contributed by atoms with E-state index >= 15 is 0 Å². The molecular formula is C31H28N2O2S. The summed E-state index contributed by atoms with van der Waals surface area (Å²) in [6.45, 7) is 1.66. The summed E-state index contributed by atoms with van der Waals surface area (Å²) in [5, 5.41) is -0.0494. The fourth-order valence-electron chi connectivity index (χ4n) is 4.46. The van der Waals surface area contributed by atoms with Crippen LogP contribution < -0.4 is 0 Å². The summed E-state index contributed by atoms with van der Waals surface area (Å²) in [6.07, 6.45) is 0. The van der Waals surface area contributed by atoms with Crippen molar-refractivity contribution in [3.63, 3.8) is 0 Å². The van der Waals surface area contributed by atoms with Gasteiger partial charge in [0.05, 0.1) is 5.75 Å². The van der Waals surface area contributed by atoms with Crippen LogP contribution in [-0.2, 0) is 24.4 Å². The molecule has 0 saturated carbocycles. The van der Waals surface area contributed by atoms with Crippen LogP contribution in [0.4, 0.5) is 0 Å². The van der Waals surface area contributed by atoms with Crippen LogP contribution in [0.25, 0.3) is 0 Å². The average Bonchev–Trinajstić information content (AvgIpc) is 3.29. The highest BCUT2D eigenvalue weighted by molar-refractivity contribution is 8.00. The number of hydrogen-bond acceptors (Lipinski definition) is 3. The van der Waals surface area contributed by atoms with Gasteiger partial charge in [0.25, 0.3) is 5.91 Å². The topological polar surface area (TPSA) is 40.6 Å². The van der Waals surface area contributed by atoms with Crippen LogP contribution in [0.5, 0.6) is 0 Å². The first-order valence-electron chi connectivity index (χ1n) is 12.1. The first-order valence-corrected chi connectivity index (χ1v) is 13.1. The van der Waals surface area contributed by atoms with Crippen LogP contribution >= 0.6 is 11.8 Å². The van der Waals surface area contributed by atoms with E-state index in [4.69, 9.17) is 0 Å². The van der Waals surface area contributed by atoms with E-state index in [0.717, 1.165) is 22.3 Å². The molecule has 0 aromatic heterocycles. The maximum Gasteiger partial charge on any atom is 0.254 e. The molecule has 1 aliphatic heterocycles. The Kier molecular flexibility index (Phi) is 7.48. The zero-order valence-electron chi connectivity index (χ0n) is 20.0. The molecule has 0 unspecified atom stereocenters. The van der Waals surface area contributed by atoms with Gasteiger partial charge in [-0.1, -0.05) is 103 Å². The largest absolute Gasteiger partial charge is 0.330 e. The van der Waals surface area contributed by atoms with Crippen LogP contribution in [-0.4, -0.2) is 27.4 Å². The first-order chi connectivity index (χ1) is 17.7. The van der Waals surface area contributed by atoms with E-state index in [1.807, 2.05) is 125 Å². The van der Waals surface area contributed by atoms with E-state index in [1.165, 1.54) is 0 Å². The molecule has 1 saturated heterocycles. The maximum atomic E-state index is 13.6. The summed E-state index contributed by atoms with van der Waals surface area (Å²) >= 11 is 1.64. The lowest BCUT2D eigenvalue weighted by Crippen LogP contribution is -2.30. The molecule has 1 heterocycles. The van der Waals surface area contributed by atoms with Crippen molar-refractivity contribution >= 4 is 23.6 Å². The van der Waals surface area contributed by atoms with E-state index in [2.05, 4.69) is 0 Å². The van der Waals surface area contributed by atoms with Crippen molar-refractivity contribution in [2.45, 2.75) is 25.0 Å². The first kappa shape index (κ1) is 23.9. The maximum absolute atomic E-state index is 13.6. The summed E-state index contributed by atoms with van der Waals surface area (Å²) in [5.74, 6) is 0.608. The number of nitrogens with zero attached hydrogens (tertiary/aromatic N) is 2. The molecule has 36 heavy (non-hydrogen) atoms. The van der Waals surface area contributed by atoms with Gasteiger partial charge in [0.15, 0.2) is 0 Å². The smallest absolute Gasteiger partial charge is 0.254 e. The third kappa shape index (κ3) is 5.69. The summed E-state index contributed by atoms with van der Waals surface area (Å²) < 4.78 is 0. The lowest BCUT2D eigenvalue weighted by molar-refractivity contribution is -0.128. The molecule has 5 rings (SSSR count). The molecule has 0 aliphatic carbocycles. The minimum Gasteiger partial charge on any atom is -0.330 e. The molecular weight excluding hydrogens is 464 g/mol. The summed E-state index contributed by atoms with van der Waals surface area (Å²) in [7, 11) is 0. The van der Waals surface area contributed by atoms with E-state index in [1.54, 1.807) is 11.8 Å². The molecule has 0 bridgehead atoms. The molecule has 0 N–H and O–H groups in total. The number of amides is 2. The van der Waals surface area contributed by atoms with Crippen molar-refractivity contribution in [3.05, 3.63) is 143 Å². The lowest BCUT2D eigenvalue weighted by Gasteiger charge is -2.25. The van der Waals surface area contributed by atoms with Gasteiger partial charge in [-0.3, -0.25) is 9.59 Å². The number of thioether (sulfide) groups is 1. The molecule has 4 aromatic carbocycles.